The Morgan fingerprint density at radius 1 is 1.23 bits per heavy atom. The third kappa shape index (κ3) is 4.74. The highest BCUT2D eigenvalue weighted by atomic mass is 32.1. The highest BCUT2D eigenvalue weighted by Gasteiger charge is 2.11. The second-order valence-electron chi connectivity index (χ2n) is 4.51. The van der Waals surface area contributed by atoms with Crippen molar-refractivity contribution in [2.24, 2.45) is 0 Å². The van der Waals surface area contributed by atoms with E-state index in [-0.39, 0.29) is 23.9 Å². The molecule has 2 aromatic rings. The Morgan fingerprint density at radius 2 is 1.95 bits per heavy atom. The van der Waals surface area contributed by atoms with Gasteiger partial charge < -0.3 is 15.7 Å². The van der Waals surface area contributed by atoms with Crippen LogP contribution in [0.4, 0.5) is 19.6 Å². The SMILES string of the molecule is O=C(NCCCCO)c1csc(Nc2cc(F)cc(F)c2)n1. The summed E-state index contributed by atoms with van der Waals surface area (Å²) < 4.78 is 26.2. The molecule has 22 heavy (non-hydrogen) atoms. The molecule has 0 atom stereocenters. The normalized spacial score (nSPS) is 10.5. The molecule has 0 aliphatic heterocycles. The fraction of sp³-hybridized carbons (Fsp3) is 0.286. The van der Waals surface area contributed by atoms with Gasteiger partial charge in [0.15, 0.2) is 5.13 Å². The summed E-state index contributed by atoms with van der Waals surface area (Å²) >= 11 is 1.16. The summed E-state index contributed by atoms with van der Waals surface area (Å²) in [6.07, 6.45) is 1.30. The van der Waals surface area contributed by atoms with Gasteiger partial charge in [0.05, 0.1) is 0 Å². The van der Waals surface area contributed by atoms with Crippen LogP contribution in [-0.4, -0.2) is 29.1 Å². The summed E-state index contributed by atoms with van der Waals surface area (Å²) in [5, 5.41) is 16.0. The van der Waals surface area contributed by atoms with Crippen LogP contribution in [0.15, 0.2) is 23.6 Å². The molecule has 0 saturated heterocycles. The number of unbranched alkanes of at least 4 members (excludes halogenated alkanes) is 1. The highest BCUT2D eigenvalue weighted by Crippen LogP contribution is 2.22. The van der Waals surface area contributed by atoms with Crippen molar-refractivity contribution >= 4 is 28.1 Å². The fourth-order valence-corrected chi connectivity index (χ4v) is 2.43. The number of carbonyl (C=O) groups excluding carboxylic acids is 1. The van der Waals surface area contributed by atoms with Crippen molar-refractivity contribution in [3.8, 4) is 0 Å². The van der Waals surface area contributed by atoms with E-state index < -0.39 is 11.6 Å². The summed E-state index contributed by atoms with van der Waals surface area (Å²) in [6.45, 7) is 0.541. The second kappa shape index (κ2) is 7.81. The quantitative estimate of drug-likeness (QED) is 0.684. The van der Waals surface area contributed by atoms with Crippen molar-refractivity contribution in [1.82, 2.24) is 10.3 Å². The van der Waals surface area contributed by atoms with Gasteiger partial charge in [-0.2, -0.15) is 0 Å². The molecule has 0 aliphatic rings. The number of rotatable bonds is 7. The van der Waals surface area contributed by atoms with Crippen molar-refractivity contribution in [3.05, 3.63) is 40.9 Å². The number of hydrogen-bond acceptors (Lipinski definition) is 5. The lowest BCUT2D eigenvalue weighted by Crippen LogP contribution is -2.24. The molecule has 118 valence electrons. The zero-order valence-corrected chi connectivity index (χ0v) is 12.4. The van der Waals surface area contributed by atoms with Crippen LogP contribution in [0.5, 0.6) is 0 Å². The molecule has 1 aromatic carbocycles. The first-order valence-electron chi connectivity index (χ1n) is 6.66. The minimum Gasteiger partial charge on any atom is -0.396 e. The minimum atomic E-state index is -0.694. The van der Waals surface area contributed by atoms with Crippen molar-refractivity contribution in [2.45, 2.75) is 12.8 Å². The van der Waals surface area contributed by atoms with Crippen LogP contribution in [0.1, 0.15) is 23.3 Å². The molecule has 1 aromatic heterocycles. The van der Waals surface area contributed by atoms with E-state index in [2.05, 4.69) is 15.6 Å². The lowest BCUT2D eigenvalue weighted by molar-refractivity contribution is 0.0948. The van der Waals surface area contributed by atoms with Crippen molar-refractivity contribution < 1.29 is 18.7 Å². The molecular weight excluding hydrogens is 312 g/mol. The minimum absolute atomic E-state index is 0.0881. The number of aliphatic hydroxyl groups excluding tert-OH is 1. The maximum absolute atomic E-state index is 13.1. The van der Waals surface area contributed by atoms with Crippen LogP contribution in [0.2, 0.25) is 0 Å². The number of halogens is 2. The van der Waals surface area contributed by atoms with E-state index in [1.165, 1.54) is 0 Å². The zero-order valence-electron chi connectivity index (χ0n) is 11.6. The fourth-order valence-electron chi connectivity index (χ4n) is 1.71. The molecule has 5 nitrogen and oxygen atoms in total. The molecule has 1 heterocycles. The summed E-state index contributed by atoms with van der Waals surface area (Å²) in [7, 11) is 0. The Hall–Kier alpha value is -2.06. The van der Waals surface area contributed by atoms with Gasteiger partial charge >= 0.3 is 0 Å². The van der Waals surface area contributed by atoms with Gasteiger partial charge in [-0.3, -0.25) is 4.79 Å². The molecule has 0 saturated carbocycles. The number of nitrogens with zero attached hydrogens (tertiary/aromatic N) is 1. The predicted octanol–water partition coefficient (Wildman–Crippen LogP) is 2.67. The van der Waals surface area contributed by atoms with Crippen LogP contribution < -0.4 is 10.6 Å². The Morgan fingerprint density at radius 3 is 2.64 bits per heavy atom. The van der Waals surface area contributed by atoms with E-state index >= 15 is 0 Å². The molecule has 0 fully saturated rings. The van der Waals surface area contributed by atoms with Crippen LogP contribution in [0.3, 0.4) is 0 Å². The number of anilines is 2. The van der Waals surface area contributed by atoms with Gasteiger partial charge in [0.1, 0.15) is 17.3 Å². The lowest BCUT2D eigenvalue weighted by atomic mass is 10.3. The Balaban J connectivity index is 1.94. The summed E-state index contributed by atoms with van der Waals surface area (Å²) in [5.41, 5.74) is 0.454. The molecule has 0 radical (unpaired) electrons. The average molecular weight is 327 g/mol. The van der Waals surface area contributed by atoms with Gasteiger partial charge in [0.2, 0.25) is 0 Å². The first kappa shape index (κ1) is 16.3. The molecule has 0 spiro atoms. The van der Waals surface area contributed by atoms with Crippen LogP contribution in [0.25, 0.3) is 0 Å². The third-order valence-electron chi connectivity index (χ3n) is 2.72. The average Bonchev–Trinajstić information content (AvgIpc) is 2.91. The van der Waals surface area contributed by atoms with Crippen LogP contribution in [0, 0.1) is 11.6 Å². The summed E-state index contributed by atoms with van der Waals surface area (Å²) in [5.74, 6) is -1.71. The Bertz CT molecular complexity index is 629. The Kier molecular flexibility index (Phi) is 5.79. The van der Waals surface area contributed by atoms with Gasteiger partial charge in [-0.1, -0.05) is 0 Å². The maximum Gasteiger partial charge on any atom is 0.270 e. The van der Waals surface area contributed by atoms with Crippen molar-refractivity contribution in [3.63, 3.8) is 0 Å². The monoisotopic (exact) mass is 327 g/mol. The summed E-state index contributed by atoms with van der Waals surface area (Å²) in [6, 6.07) is 3.05. The third-order valence-corrected chi connectivity index (χ3v) is 3.48. The molecule has 0 aliphatic carbocycles. The molecule has 3 N–H and O–H groups in total. The number of nitrogens with one attached hydrogen (secondary N) is 2. The van der Waals surface area contributed by atoms with E-state index in [0.29, 0.717) is 24.5 Å². The van der Waals surface area contributed by atoms with E-state index in [1.807, 2.05) is 0 Å². The molecular formula is C14H15F2N3O2S. The smallest absolute Gasteiger partial charge is 0.270 e. The second-order valence-corrected chi connectivity index (χ2v) is 5.37. The Labute approximate surface area is 130 Å². The summed E-state index contributed by atoms with van der Waals surface area (Å²) in [4.78, 5) is 15.9. The number of benzene rings is 1. The number of aliphatic hydroxyl groups is 1. The van der Waals surface area contributed by atoms with Crippen molar-refractivity contribution in [1.29, 1.82) is 0 Å². The maximum atomic E-state index is 13.1. The first-order chi connectivity index (χ1) is 10.6. The number of carbonyl (C=O) groups is 1. The van der Waals surface area contributed by atoms with Gasteiger partial charge in [-0.15, -0.1) is 11.3 Å². The van der Waals surface area contributed by atoms with Gasteiger partial charge in [-0.05, 0) is 25.0 Å². The van der Waals surface area contributed by atoms with Crippen LogP contribution in [-0.2, 0) is 0 Å². The molecule has 8 heteroatoms. The molecule has 1 amide bonds. The number of amides is 1. The number of aromatic nitrogens is 1. The van der Waals surface area contributed by atoms with Gasteiger partial charge in [-0.25, -0.2) is 13.8 Å². The molecule has 2 rings (SSSR count). The largest absolute Gasteiger partial charge is 0.396 e. The number of hydrogen-bond donors (Lipinski definition) is 3. The van der Waals surface area contributed by atoms with Crippen LogP contribution >= 0.6 is 11.3 Å². The van der Waals surface area contributed by atoms with Crippen molar-refractivity contribution in [2.75, 3.05) is 18.5 Å². The topological polar surface area (TPSA) is 74.2 Å². The zero-order chi connectivity index (χ0) is 15.9. The first-order valence-corrected chi connectivity index (χ1v) is 7.54. The highest BCUT2D eigenvalue weighted by molar-refractivity contribution is 7.14. The van der Waals surface area contributed by atoms with E-state index in [9.17, 15) is 13.6 Å². The molecule has 0 unspecified atom stereocenters. The van der Waals surface area contributed by atoms with E-state index in [0.717, 1.165) is 29.5 Å². The number of thiazole rings is 1. The van der Waals surface area contributed by atoms with Gasteiger partial charge in [0, 0.05) is 30.3 Å². The standard InChI is InChI=1S/C14H15F2N3O2S/c15-9-5-10(16)7-11(6-9)18-14-19-12(8-22-14)13(21)17-3-1-2-4-20/h5-8,20H,1-4H2,(H,17,21)(H,18,19). The lowest BCUT2D eigenvalue weighted by Gasteiger charge is -2.03. The van der Waals surface area contributed by atoms with Gasteiger partial charge in [0.25, 0.3) is 5.91 Å². The molecule has 0 bridgehead atoms. The predicted molar refractivity (Wildman–Crippen MR) is 80.4 cm³/mol. The van der Waals surface area contributed by atoms with E-state index in [4.69, 9.17) is 5.11 Å². The van der Waals surface area contributed by atoms with E-state index in [1.54, 1.807) is 5.38 Å².